The van der Waals surface area contributed by atoms with E-state index < -0.39 is 12.1 Å². The number of hydrogen-bond acceptors (Lipinski definition) is 6. The van der Waals surface area contributed by atoms with Crippen molar-refractivity contribution < 1.29 is 24.5 Å². The van der Waals surface area contributed by atoms with Crippen molar-refractivity contribution in [2.75, 3.05) is 19.7 Å². The molecule has 1 atom stereocenters. The van der Waals surface area contributed by atoms with Crippen molar-refractivity contribution in [1.29, 1.82) is 0 Å². The van der Waals surface area contributed by atoms with Gasteiger partial charge in [-0.25, -0.2) is 0 Å². The molecule has 0 aliphatic rings. The number of halogens is 2. The maximum atomic E-state index is 11.2. The van der Waals surface area contributed by atoms with Gasteiger partial charge in [0.25, 0.3) is 0 Å². The third-order valence-corrected chi connectivity index (χ3v) is 6.60. The van der Waals surface area contributed by atoms with Gasteiger partial charge in [-0.1, -0.05) is 47.5 Å². The highest BCUT2D eigenvalue weighted by atomic mass is 35.5. The van der Waals surface area contributed by atoms with Gasteiger partial charge in [0, 0.05) is 29.1 Å². The fraction of sp³-hybridized carbons (Fsp3) is 0.345. The third-order valence-electron chi connectivity index (χ3n) is 5.90. The third kappa shape index (κ3) is 9.33. The van der Waals surface area contributed by atoms with Gasteiger partial charge in [0.1, 0.15) is 11.5 Å². The quantitative estimate of drug-likeness (QED) is 0.137. The molecule has 0 heterocycles. The van der Waals surface area contributed by atoms with Gasteiger partial charge < -0.3 is 25.0 Å². The van der Waals surface area contributed by atoms with Crippen LogP contribution in [0.25, 0.3) is 0 Å². The van der Waals surface area contributed by atoms with E-state index in [1.165, 1.54) is 6.92 Å². The van der Waals surface area contributed by atoms with E-state index >= 15 is 0 Å². The standard InChI is InChI=1S/C29H33Cl2NO5/c1-20(34)37-29-13-10-22(17-23(29)19-33)28(35)18-32-15-14-21-8-11-24(12-9-21)36-16-3-2-5-25-26(30)6-4-7-27(25)31/h4,6-13,17,28,32-33,35H,2-3,5,14-16,18-19H2,1H3. The van der Waals surface area contributed by atoms with Crippen LogP contribution in [0.3, 0.4) is 0 Å². The Kier molecular flexibility index (Phi) is 11.7. The molecule has 0 aliphatic heterocycles. The van der Waals surface area contributed by atoms with Crippen LogP contribution in [0.5, 0.6) is 11.5 Å². The van der Waals surface area contributed by atoms with Crippen LogP contribution in [0.1, 0.15) is 48.1 Å². The molecule has 37 heavy (non-hydrogen) atoms. The maximum absolute atomic E-state index is 11.2. The van der Waals surface area contributed by atoms with Crippen LogP contribution in [0.15, 0.2) is 60.7 Å². The summed E-state index contributed by atoms with van der Waals surface area (Å²) in [6.45, 7) is 2.70. The molecule has 0 radical (unpaired) electrons. The Labute approximate surface area is 228 Å². The summed E-state index contributed by atoms with van der Waals surface area (Å²) in [7, 11) is 0. The van der Waals surface area contributed by atoms with Gasteiger partial charge in [-0.3, -0.25) is 4.79 Å². The number of unbranched alkanes of at least 4 members (excludes halogenated alkanes) is 1. The molecule has 3 N–H and O–H groups in total. The largest absolute Gasteiger partial charge is 0.494 e. The van der Waals surface area contributed by atoms with Crippen molar-refractivity contribution >= 4 is 29.2 Å². The second-order valence-electron chi connectivity index (χ2n) is 8.74. The lowest BCUT2D eigenvalue weighted by Crippen LogP contribution is -2.23. The zero-order chi connectivity index (χ0) is 26.6. The second-order valence-corrected chi connectivity index (χ2v) is 9.55. The number of hydrogen-bond donors (Lipinski definition) is 3. The Morgan fingerprint density at radius 1 is 1.00 bits per heavy atom. The number of benzene rings is 3. The molecule has 6 nitrogen and oxygen atoms in total. The molecule has 3 rings (SSSR count). The van der Waals surface area contributed by atoms with Crippen molar-refractivity contribution in [1.82, 2.24) is 5.32 Å². The molecule has 8 heteroatoms. The van der Waals surface area contributed by atoms with Crippen molar-refractivity contribution in [2.24, 2.45) is 0 Å². The lowest BCUT2D eigenvalue weighted by Gasteiger charge is -2.15. The smallest absolute Gasteiger partial charge is 0.308 e. The maximum Gasteiger partial charge on any atom is 0.308 e. The van der Waals surface area contributed by atoms with Crippen LogP contribution in [-0.2, 0) is 24.2 Å². The normalized spacial score (nSPS) is 11.8. The van der Waals surface area contributed by atoms with E-state index in [0.29, 0.717) is 46.6 Å². The zero-order valence-corrected chi connectivity index (χ0v) is 22.4. The van der Waals surface area contributed by atoms with Crippen molar-refractivity contribution in [3.63, 3.8) is 0 Å². The predicted octanol–water partition coefficient (Wildman–Crippen LogP) is 5.68. The van der Waals surface area contributed by atoms with Crippen LogP contribution >= 0.6 is 23.2 Å². The van der Waals surface area contributed by atoms with Gasteiger partial charge in [0.2, 0.25) is 0 Å². The molecule has 0 saturated carbocycles. The lowest BCUT2D eigenvalue weighted by molar-refractivity contribution is -0.131. The first-order valence-electron chi connectivity index (χ1n) is 12.3. The Morgan fingerprint density at radius 2 is 1.73 bits per heavy atom. The van der Waals surface area contributed by atoms with Crippen LogP contribution < -0.4 is 14.8 Å². The summed E-state index contributed by atoms with van der Waals surface area (Å²) in [6.07, 6.45) is 2.73. The molecule has 0 saturated heterocycles. The van der Waals surface area contributed by atoms with E-state index in [-0.39, 0.29) is 6.61 Å². The Morgan fingerprint density at radius 3 is 2.41 bits per heavy atom. The fourth-order valence-electron chi connectivity index (χ4n) is 3.89. The summed E-state index contributed by atoms with van der Waals surface area (Å²) in [5, 5.41) is 24.7. The van der Waals surface area contributed by atoms with E-state index in [1.54, 1.807) is 18.2 Å². The average Bonchev–Trinajstić information content (AvgIpc) is 2.88. The summed E-state index contributed by atoms with van der Waals surface area (Å²) in [6, 6.07) is 18.5. The van der Waals surface area contributed by atoms with E-state index in [2.05, 4.69) is 5.32 Å². The molecular weight excluding hydrogens is 513 g/mol. The number of rotatable bonds is 14. The highest BCUT2D eigenvalue weighted by molar-refractivity contribution is 6.35. The highest BCUT2D eigenvalue weighted by Crippen LogP contribution is 2.26. The number of ether oxygens (including phenoxy) is 2. The minimum atomic E-state index is -0.749. The van der Waals surface area contributed by atoms with E-state index in [0.717, 1.165) is 42.6 Å². The van der Waals surface area contributed by atoms with Crippen LogP contribution in [0.4, 0.5) is 0 Å². The molecule has 198 valence electrons. The Hall–Kier alpha value is -2.61. The number of carbonyl (C=O) groups excluding carboxylic acids is 1. The van der Waals surface area contributed by atoms with Gasteiger partial charge in [0.15, 0.2) is 0 Å². The molecule has 0 spiro atoms. The first-order chi connectivity index (χ1) is 17.9. The molecule has 0 aliphatic carbocycles. The lowest BCUT2D eigenvalue weighted by atomic mass is 10.0. The van der Waals surface area contributed by atoms with Crippen LogP contribution in [0.2, 0.25) is 10.0 Å². The molecule has 0 bridgehead atoms. The van der Waals surface area contributed by atoms with Crippen molar-refractivity contribution in [3.8, 4) is 11.5 Å². The number of aliphatic hydroxyl groups excluding tert-OH is 2. The first kappa shape index (κ1) is 29.0. The van der Waals surface area contributed by atoms with Crippen molar-refractivity contribution in [3.05, 3.63) is 93.0 Å². The fourth-order valence-corrected chi connectivity index (χ4v) is 4.48. The summed E-state index contributed by atoms with van der Waals surface area (Å²) < 4.78 is 10.9. The first-order valence-corrected chi connectivity index (χ1v) is 13.1. The summed E-state index contributed by atoms with van der Waals surface area (Å²) in [5.74, 6) is 0.674. The SMILES string of the molecule is CC(=O)Oc1ccc(C(O)CNCCc2ccc(OCCCCc3c(Cl)cccc3Cl)cc2)cc1CO. The van der Waals surface area contributed by atoms with Gasteiger partial charge in [-0.15, -0.1) is 0 Å². The monoisotopic (exact) mass is 545 g/mol. The number of esters is 1. The van der Waals surface area contributed by atoms with E-state index in [4.69, 9.17) is 32.7 Å². The number of carbonyl (C=O) groups is 1. The van der Waals surface area contributed by atoms with E-state index in [9.17, 15) is 15.0 Å². The Bertz CT molecular complexity index is 1130. The minimum absolute atomic E-state index is 0.284. The van der Waals surface area contributed by atoms with Crippen LogP contribution in [0, 0.1) is 0 Å². The second kappa shape index (κ2) is 15.0. The summed E-state index contributed by atoms with van der Waals surface area (Å²) in [4.78, 5) is 11.2. The topological polar surface area (TPSA) is 88.0 Å². The molecule has 0 fully saturated rings. The molecule has 3 aromatic rings. The molecule has 0 amide bonds. The summed E-state index contributed by atoms with van der Waals surface area (Å²) >= 11 is 12.4. The molecular formula is C29H33Cl2NO5. The zero-order valence-electron chi connectivity index (χ0n) is 20.9. The summed E-state index contributed by atoms with van der Waals surface area (Å²) in [5.41, 5.74) is 3.25. The minimum Gasteiger partial charge on any atom is -0.494 e. The van der Waals surface area contributed by atoms with E-state index in [1.807, 2.05) is 42.5 Å². The average molecular weight is 546 g/mol. The number of nitrogens with one attached hydrogen (secondary N) is 1. The Balaban J connectivity index is 1.34. The molecule has 1 unspecified atom stereocenters. The van der Waals surface area contributed by atoms with Crippen molar-refractivity contribution in [2.45, 2.75) is 45.3 Å². The highest BCUT2D eigenvalue weighted by Gasteiger charge is 2.12. The molecule has 3 aromatic carbocycles. The van der Waals surface area contributed by atoms with Gasteiger partial charge in [-0.05, 0) is 85.3 Å². The van der Waals surface area contributed by atoms with Gasteiger partial charge in [-0.2, -0.15) is 0 Å². The van der Waals surface area contributed by atoms with Gasteiger partial charge >= 0.3 is 5.97 Å². The predicted molar refractivity (Wildman–Crippen MR) is 147 cm³/mol. The number of aliphatic hydroxyl groups is 2. The molecule has 0 aromatic heterocycles. The van der Waals surface area contributed by atoms with Gasteiger partial charge in [0.05, 0.1) is 19.3 Å². The van der Waals surface area contributed by atoms with Crippen LogP contribution in [-0.4, -0.2) is 35.9 Å².